The average Bonchev–Trinajstić information content (AvgIpc) is 2.94. The van der Waals surface area contributed by atoms with Crippen LogP contribution in [0.5, 0.6) is 0 Å². The zero-order valence-electron chi connectivity index (χ0n) is 15.8. The molecule has 0 radical (unpaired) electrons. The molecule has 1 amide bonds. The number of amides is 1. The summed E-state index contributed by atoms with van der Waals surface area (Å²) in [5.74, 6) is 1.17. The summed E-state index contributed by atoms with van der Waals surface area (Å²) >= 11 is 0. The van der Waals surface area contributed by atoms with E-state index in [-0.39, 0.29) is 11.9 Å². The Hall–Kier alpha value is -1.10. The number of carboxylic acids is 1. The highest BCUT2D eigenvalue weighted by Crippen LogP contribution is 2.40. The van der Waals surface area contributed by atoms with Crippen LogP contribution in [0.1, 0.15) is 65.2 Å². The Bertz CT molecular complexity index is 485. The molecule has 3 rings (SSSR count). The van der Waals surface area contributed by atoms with E-state index < -0.39 is 5.97 Å². The first-order chi connectivity index (χ1) is 12.0. The summed E-state index contributed by atoms with van der Waals surface area (Å²) in [5.41, 5.74) is 0. The lowest BCUT2D eigenvalue weighted by atomic mass is 9.84. The Morgan fingerprint density at radius 3 is 2.40 bits per heavy atom. The Labute approximate surface area is 151 Å². The number of nitrogens with zero attached hydrogens (tertiary/aromatic N) is 2. The molecule has 0 aromatic rings. The first kappa shape index (κ1) is 18.7. The van der Waals surface area contributed by atoms with E-state index in [2.05, 4.69) is 18.7 Å². The average molecular weight is 351 g/mol. The number of carbonyl (C=O) groups is 2. The van der Waals surface area contributed by atoms with Crippen LogP contribution in [-0.2, 0) is 9.59 Å². The van der Waals surface area contributed by atoms with Gasteiger partial charge in [0.25, 0.3) is 0 Å². The molecule has 3 fully saturated rings. The van der Waals surface area contributed by atoms with Crippen LogP contribution in [0.3, 0.4) is 0 Å². The molecule has 2 heterocycles. The first-order valence-electron chi connectivity index (χ1n) is 10.2. The molecule has 2 saturated heterocycles. The molecule has 25 heavy (non-hydrogen) atoms. The Morgan fingerprint density at radius 2 is 1.76 bits per heavy atom. The van der Waals surface area contributed by atoms with Gasteiger partial charge in [-0.3, -0.25) is 14.5 Å². The van der Waals surface area contributed by atoms with Gasteiger partial charge >= 0.3 is 5.97 Å². The van der Waals surface area contributed by atoms with Crippen LogP contribution in [0.25, 0.3) is 0 Å². The van der Waals surface area contributed by atoms with E-state index in [9.17, 15) is 14.7 Å². The van der Waals surface area contributed by atoms with E-state index in [0.29, 0.717) is 30.2 Å². The third-order valence-electron chi connectivity index (χ3n) is 6.53. The molecule has 1 N–H and O–H groups in total. The van der Waals surface area contributed by atoms with E-state index in [4.69, 9.17) is 0 Å². The van der Waals surface area contributed by atoms with Gasteiger partial charge in [-0.2, -0.15) is 0 Å². The molecule has 3 aliphatic rings. The predicted octanol–water partition coefficient (Wildman–Crippen LogP) is 2.99. The van der Waals surface area contributed by atoms with Gasteiger partial charge in [0.15, 0.2) is 0 Å². The van der Waals surface area contributed by atoms with Crippen molar-refractivity contribution >= 4 is 11.9 Å². The van der Waals surface area contributed by atoms with Crippen LogP contribution in [0.4, 0.5) is 0 Å². The number of carbonyl (C=O) groups excluding carboxylic acids is 1. The summed E-state index contributed by atoms with van der Waals surface area (Å²) in [7, 11) is 0. The normalized spacial score (nSPS) is 31.3. The summed E-state index contributed by atoms with van der Waals surface area (Å²) in [5, 5.41) is 9.66. The monoisotopic (exact) mass is 350 g/mol. The smallest absolute Gasteiger partial charge is 0.320 e. The molecule has 1 aliphatic carbocycles. The Morgan fingerprint density at radius 1 is 1.08 bits per heavy atom. The van der Waals surface area contributed by atoms with Crippen LogP contribution in [0, 0.1) is 17.8 Å². The fraction of sp³-hybridized carbons (Fsp3) is 0.900. The fourth-order valence-corrected chi connectivity index (χ4v) is 5.20. The van der Waals surface area contributed by atoms with Crippen molar-refractivity contribution in [1.82, 2.24) is 9.80 Å². The van der Waals surface area contributed by atoms with Crippen molar-refractivity contribution < 1.29 is 14.7 Å². The fourth-order valence-electron chi connectivity index (χ4n) is 5.20. The lowest BCUT2D eigenvalue weighted by Gasteiger charge is -2.38. The highest BCUT2D eigenvalue weighted by atomic mass is 16.4. The van der Waals surface area contributed by atoms with Crippen molar-refractivity contribution in [1.29, 1.82) is 0 Å². The van der Waals surface area contributed by atoms with E-state index >= 15 is 0 Å². The molecular formula is C20H34N2O3. The number of fused-ring (bicyclic) bond motifs is 1. The molecule has 5 nitrogen and oxygen atoms in total. The molecule has 3 unspecified atom stereocenters. The highest BCUT2D eigenvalue weighted by molar-refractivity contribution is 5.76. The highest BCUT2D eigenvalue weighted by Gasteiger charge is 2.45. The van der Waals surface area contributed by atoms with E-state index in [1.165, 1.54) is 25.7 Å². The Kier molecular flexibility index (Phi) is 6.03. The Balaban J connectivity index is 1.55. The van der Waals surface area contributed by atoms with E-state index in [0.717, 1.165) is 38.9 Å². The standard InChI is InChI=1S/C20H34N2O3/c1-14(2)11-19(23)21-9-7-15(8-10-21)13-22-17-6-4-3-5-16(17)12-18(22)20(24)25/h14-18H,3-13H2,1-2H3,(H,24,25). The van der Waals surface area contributed by atoms with Crippen LogP contribution >= 0.6 is 0 Å². The third-order valence-corrected chi connectivity index (χ3v) is 6.53. The van der Waals surface area contributed by atoms with Crippen molar-refractivity contribution in [3.63, 3.8) is 0 Å². The van der Waals surface area contributed by atoms with Crippen LogP contribution < -0.4 is 0 Å². The van der Waals surface area contributed by atoms with Crippen molar-refractivity contribution in [3.05, 3.63) is 0 Å². The van der Waals surface area contributed by atoms with Gasteiger partial charge in [0.1, 0.15) is 6.04 Å². The summed E-state index contributed by atoms with van der Waals surface area (Å²) in [6.45, 7) is 6.77. The largest absolute Gasteiger partial charge is 0.480 e. The van der Waals surface area contributed by atoms with Gasteiger partial charge in [0.05, 0.1) is 0 Å². The van der Waals surface area contributed by atoms with Crippen LogP contribution in [0.2, 0.25) is 0 Å². The van der Waals surface area contributed by atoms with Crippen LogP contribution in [0.15, 0.2) is 0 Å². The molecule has 0 aromatic carbocycles. The second-order valence-electron chi connectivity index (χ2n) is 8.82. The number of aliphatic carboxylic acids is 1. The van der Waals surface area contributed by atoms with E-state index in [1.54, 1.807) is 0 Å². The van der Waals surface area contributed by atoms with Gasteiger partial charge in [0.2, 0.25) is 5.91 Å². The van der Waals surface area contributed by atoms with Crippen molar-refractivity contribution in [2.75, 3.05) is 19.6 Å². The molecule has 2 aliphatic heterocycles. The molecule has 1 saturated carbocycles. The lowest BCUT2D eigenvalue weighted by molar-refractivity contribution is -0.143. The maximum absolute atomic E-state index is 12.2. The summed E-state index contributed by atoms with van der Waals surface area (Å²) < 4.78 is 0. The first-order valence-corrected chi connectivity index (χ1v) is 10.2. The maximum atomic E-state index is 12.2. The quantitative estimate of drug-likeness (QED) is 0.828. The second kappa shape index (κ2) is 8.07. The number of likely N-dealkylation sites (tertiary alicyclic amines) is 2. The van der Waals surface area contributed by atoms with Gasteiger partial charge in [-0.15, -0.1) is 0 Å². The van der Waals surface area contributed by atoms with Crippen molar-refractivity contribution in [2.45, 2.75) is 77.3 Å². The zero-order chi connectivity index (χ0) is 18.0. The number of hydrogen-bond donors (Lipinski definition) is 1. The van der Waals surface area contributed by atoms with E-state index in [1.807, 2.05) is 4.90 Å². The molecule has 142 valence electrons. The predicted molar refractivity (Wildman–Crippen MR) is 97.3 cm³/mol. The number of rotatable bonds is 5. The summed E-state index contributed by atoms with van der Waals surface area (Å²) in [6, 6.07) is 0.198. The number of carboxylic acid groups (broad SMARTS) is 1. The van der Waals surface area contributed by atoms with Gasteiger partial charge in [-0.1, -0.05) is 26.7 Å². The van der Waals surface area contributed by atoms with Crippen LogP contribution in [-0.4, -0.2) is 58.5 Å². The zero-order valence-corrected chi connectivity index (χ0v) is 15.8. The molecule has 0 spiro atoms. The second-order valence-corrected chi connectivity index (χ2v) is 8.82. The van der Waals surface area contributed by atoms with Crippen molar-refractivity contribution in [2.24, 2.45) is 17.8 Å². The molecule has 3 atom stereocenters. The topological polar surface area (TPSA) is 60.9 Å². The lowest BCUT2D eigenvalue weighted by Crippen LogP contribution is -2.47. The minimum Gasteiger partial charge on any atom is -0.480 e. The minimum atomic E-state index is -0.640. The van der Waals surface area contributed by atoms with Gasteiger partial charge in [-0.05, 0) is 49.9 Å². The molecule has 0 bridgehead atoms. The van der Waals surface area contributed by atoms with Gasteiger partial charge in [-0.25, -0.2) is 0 Å². The number of hydrogen-bond acceptors (Lipinski definition) is 3. The SMILES string of the molecule is CC(C)CC(=O)N1CCC(CN2C(C(=O)O)CC3CCCCC32)CC1. The molecular weight excluding hydrogens is 316 g/mol. The summed E-state index contributed by atoms with van der Waals surface area (Å²) in [6.07, 6.45) is 8.39. The summed E-state index contributed by atoms with van der Waals surface area (Å²) in [4.78, 5) is 28.3. The van der Waals surface area contributed by atoms with Gasteiger partial charge in [0, 0.05) is 32.1 Å². The maximum Gasteiger partial charge on any atom is 0.320 e. The van der Waals surface area contributed by atoms with Crippen molar-refractivity contribution in [3.8, 4) is 0 Å². The molecule has 5 heteroatoms. The molecule has 0 aromatic heterocycles. The number of piperidine rings is 1. The third kappa shape index (κ3) is 4.36. The van der Waals surface area contributed by atoms with Gasteiger partial charge < -0.3 is 10.0 Å². The minimum absolute atomic E-state index is 0.283.